The van der Waals surface area contributed by atoms with Crippen LogP contribution in [0.1, 0.15) is 22.3 Å². The second-order valence-corrected chi connectivity index (χ2v) is 12.1. The summed E-state index contributed by atoms with van der Waals surface area (Å²) in [6.45, 7) is 0. The van der Waals surface area contributed by atoms with Crippen LogP contribution < -0.4 is 0 Å². The van der Waals surface area contributed by atoms with Crippen LogP contribution in [-0.2, 0) is 0 Å². The van der Waals surface area contributed by atoms with Crippen molar-refractivity contribution in [3.05, 3.63) is 204 Å². The summed E-state index contributed by atoms with van der Waals surface area (Å²) in [5, 5.41) is 5.02. The average Bonchev–Trinajstić information content (AvgIpc) is 3.16. The Hall–Kier alpha value is -6.24. The van der Waals surface area contributed by atoms with Gasteiger partial charge in [-0.1, -0.05) is 194 Å². The summed E-state index contributed by atoms with van der Waals surface area (Å²) in [5.74, 6) is 0. The van der Waals surface area contributed by atoms with E-state index in [2.05, 4.69) is 206 Å². The highest BCUT2D eigenvalue weighted by Crippen LogP contribution is 2.47. The quantitative estimate of drug-likeness (QED) is 0.124. The minimum atomic E-state index is 1.17. The zero-order valence-electron chi connectivity index (χ0n) is 26.6. The van der Waals surface area contributed by atoms with E-state index in [4.69, 9.17) is 0 Å². The van der Waals surface area contributed by atoms with Crippen LogP contribution in [0.5, 0.6) is 0 Å². The van der Waals surface area contributed by atoms with Crippen LogP contribution in [0.25, 0.3) is 79.2 Å². The second kappa shape index (κ2) is 13.2. The molecule has 0 aromatic heterocycles. The normalized spacial score (nSPS) is 11.6. The molecule has 0 radical (unpaired) electrons. The summed E-state index contributed by atoms with van der Waals surface area (Å²) in [6, 6.07) is 65.4. The highest BCUT2D eigenvalue weighted by atomic mass is 14.2. The third-order valence-corrected chi connectivity index (χ3v) is 9.02. The van der Waals surface area contributed by atoms with Gasteiger partial charge in [-0.25, -0.2) is 0 Å². The number of fused-ring (bicyclic) bond motifs is 2. The molecular formula is C48H34. The predicted molar refractivity (Wildman–Crippen MR) is 209 cm³/mol. The van der Waals surface area contributed by atoms with Crippen molar-refractivity contribution < 1.29 is 0 Å². The van der Waals surface area contributed by atoms with Gasteiger partial charge in [-0.2, -0.15) is 0 Å². The van der Waals surface area contributed by atoms with Crippen LogP contribution >= 0.6 is 0 Å². The molecule has 0 aliphatic carbocycles. The van der Waals surface area contributed by atoms with Crippen molar-refractivity contribution in [2.45, 2.75) is 0 Å². The van der Waals surface area contributed by atoms with Gasteiger partial charge >= 0.3 is 0 Å². The molecule has 0 atom stereocenters. The second-order valence-electron chi connectivity index (χ2n) is 12.1. The van der Waals surface area contributed by atoms with Crippen LogP contribution in [0.4, 0.5) is 0 Å². The molecule has 0 unspecified atom stereocenters. The van der Waals surface area contributed by atoms with Gasteiger partial charge in [-0.3, -0.25) is 0 Å². The number of benzene rings is 8. The van der Waals surface area contributed by atoms with E-state index in [1.165, 1.54) is 77.2 Å². The maximum absolute atomic E-state index is 2.33. The molecule has 0 heteroatoms. The van der Waals surface area contributed by atoms with Crippen LogP contribution in [0.15, 0.2) is 182 Å². The first-order chi connectivity index (χ1) is 23.8. The lowest BCUT2D eigenvalue weighted by molar-refractivity contribution is 1.61. The molecule has 226 valence electrons. The van der Waals surface area contributed by atoms with E-state index in [9.17, 15) is 0 Å². The number of hydrogen-bond donors (Lipinski definition) is 0. The van der Waals surface area contributed by atoms with E-state index >= 15 is 0 Å². The fraction of sp³-hybridized carbons (Fsp3) is 0. The lowest BCUT2D eigenvalue weighted by Crippen LogP contribution is -1.93. The summed E-state index contributed by atoms with van der Waals surface area (Å²) in [4.78, 5) is 0. The highest BCUT2D eigenvalue weighted by Gasteiger charge is 2.19. The Balaban J connectivity index is 1.38. The van der Waals surface area contributed by atoms with Gasteiger partial charge in [0.05, 0.1) is 0 Å². The first-order valence-corrected chi connectivity index (χ1v) is 16.5. The monoisotopic (exact) mass is 610 g/mol. The van der Waals surface area contributed by atoms with Crippen molar-refractivity contribution in [2.24, 2.45) is 0 Å². The third-order valence-electron chi connectivity index (χ3n) is 9.02. The maximum Gasteiger partial charge on any atom is -0.00141 e. The topological polar surface area (TPSA) is 0 Å². The van der Waals surface area contributed by atoms with E-state index in [1.54, 1.807) is 0 Å². The molecular weight excluding hydrogens is 577 g/mol. The molecule has 8 aromatic carbocycles. The first-order valence-electron chi connectivity index (χ1n) is 16.5. The molecule has 0 heterocycles. The Labute approximate surface area is 282 Å². The van der Waals surface area contributed by atoms with Crippen molar-refractivity contribution >= 4 is 45.8 Å². The van der Waals surface area contributed by atoms with E-state index in [0.717, 1.165) is 0 Å². The summed E-state index contributed by atoms with van der Waals surface area (Å²) in [5.41, 5.74) is 12.1. The van der Waals surface area contributed by atoms with Crippen LogP contribution in [0, 0.1) is 0 Å². The molecule has 0 aliphatic heterocycles. The minimum Gasteiger partial charge on any atom is -0.0622 e. The van der Waals surface area contributed by atoms with Crippen LogP contribution in [0.3, 0.4) is 0 Å². The van der Waals surface area contributed by atoms with Crippen molar-refractivity contribution in [3.8, 4) is 33.4 Å². The summed E-state index contributed by atoms with van der Waals surface area (Å²) >= 11 is 0. The molecule has 0 amide bonds. The molecule has 0 aliphatic rings. The van der Waals surface area contributed by atoms with Crippen LogP contribution in [0.2, 0.25) is 0 Å². The fourth-order valence-corrected chi connectivity index (χ4v) is 6.81. The van der Waals surface area contributed by atoms with Gasteiger partial charge in [-0.05, 0) is 89.3 Å². The van der Waals surface area contributed by atoms with Gasteiger partial charge in [0.1, 0.15) is 0 Å². The Morgan fingerprint density at radius 2 is 0.667 bits per heavy atom. The Bertz CT molecular complexity index is 2410. The van der Waals surface area contributed by atoms with Gasteiger partial charge in [0, 0.05) is 0 Å². The van der Waals surface area contributed by atoms with E-state index in [-0.39, 0.29) is 0 Å². The zero-order valence-corrected chi connectivity index (χ0v) is 26.6. The molecule has 0 saturated carbocycles. The SMILES string of the molecule is C(=Cc1cccc(-c2c3ccccc3c(-c3cccc(C=Cc4ccccc4)c3)c3c(-c4ccccc4)cccc23)c1)c1ccccc1. The number of hydrogen-bond acceptors (Lipinski definition) is 0. The van der Waals surface area contributed by atoms with E-state index in [0.29, 0.717) is 0 Å². The largest absolute Gasteiger partial charge is 0.0622 e. The lowest BCUT2D eigenvalue weighted by Gasteiger charge is -2.20. The molecule has 0 fully saturated rings. The van der Waals surface area contributed by atoms with E-state index in [1.807, 2.05) is 0 Å². The molecule has 0 spiro atoms. The molecule has 8 aromatic rings. The Morgan fingerprint density at radius 1 is 0.271 bits per heavy atom. The van der Waals surface area contributed by atoms with Gasteiger partial charge in [0.2, 0.25) is 0 Å². The summed E-state index contributed by atoms with van der Waals surface area (Å²) < 4.78 is 0. The number of rotatable bonds is 7. The molecule has 0 saturated heterocycles. The standard InChI is InChI=1S/C48H34/c1-4-15-35(16-5-1)29-31-37-19-12-23-40(33-37)46-43-25-10-11-26-44(43)47(48-42(27-14-28-45(46)48)39-21-8-3-9-22-39)41-24-13-20-38(34-41)32-30-36-17-6-2-7-18-36/h1-34H. The average molecular weight is 611 g/mol. The van der Waals surface area contributed by atoms with Gasteiger partial charge < -0.3 is 0 Å². The van der Waals surface area contributed by atoms with Crippen molar-refractivity contribution in [1.82, 2.24) is 0 Å². The highest BCUT2D eigenvalue weighted by molar-refractivity contribution is 6.24. The van der Waals surface area contributed by atoms with Crippen LogP contribution in [-0.4, -0.2) is 0 Å². The van der Waals surface area contributed by atoms with Gasteiger partial charge in [0.25, 0.3) is 0 Å². The molecule has 8 rings (SSSR count). The molecule has 0 bridgehead atoms. The first kappa shape index (κ1) is 29.2. The summed E-state index contributed by atoms with van der Waals surface area (Å²) in [7, 11) is 0. The fourth-order valence-electron chi connectivity index (χ4n) is 6.81. The molecule has 0 N–H and O–H groups in total. The molecule has 0 nitrogen and oxygen atoms in total. The van der Waals surface area contributed by atoms with Crippen molar-refractivity contribution in [3.63, 3.8) is 0 Å². The Kier molecular flexibility index (Phi) is 8.05. The lowest BCUT2D eigenvalue weighted by atomic mass is 9.82. The van der Waals surface area contributed by atoms with E-state index < -0.39 is 0 Å². The smallest absolute Gasteiger partial charge is 0.00141 e. The predicted octanol–water partition coefficient (Wildman–Crippen LogP) is 13.3. The zero-order chi connectivity index (χ0) is 32.1. The van der Waals surface area contributed by atoms with Crippen molar-refractivity contribution in [1.29, 1.82) is 0 Å². The van der Waals surface area contributed by atoms with Gasteiger partial charge in [-0.15, -0.1) is 0 Å². The van der Waals surface area contributed by atoms with Crippen molar-refractivity contribution in [2.75, 3.05) is 0 Å². The minimum absolute atomic E-state index is 1.17. The molecule has 48 heavy (non-hydrogen) atoms. The maximum atomic E-state index is 2.33. The van der Waals surface area contributed by atoms with Gasteiger partial charge in [0.15, 0.2) is 0 Å². The summed E-state index contributed by atoms with van der Waals surface area (Å²) in [6.07, 6.45) is 8.80. The third kappa shape index (κ3) is 5.88. The Morgan fingerprint density at radius 3 is 1.25 bits per heavy atom.